The number of alkyl halides is 1. The van der Waals surface area contributed by atoms with Gasteiger partial charge in [-0.2, -0.15) is 0 Å². The van der Waals surface area contributed by atoms with Gasteiger partial charge in [-0.1, -0.05) is 27.2 Å². The summed E-state index contributed by atoms with van der Waals surface area (Å²) < 4.78 is 5.30. The fraction of sp³-hybridized carbons (Fsp3) is 0.929. The molecule has 108 valence electrons. The number of rotatable bonds is 9. The lowest BCUT2D eigenvalue weighted by molar-refractivity contribution is -0.150. The molecule has 0 spiro atoms. The van der Waals surface area contributed by atoms with Gasteiger partial charge >= 0.3 is 5.97 Å². The largest absolute Gasteiger partial charge is 0.465 e. The summed E-state index contributed by atoms with van der Waals surface area (Å²) in [5, 5.41) is 8.93. The van der Waals surface area contributed by atoms with Gasteiger partial charge in [-0.15, -0.1) is 11.6 Å². The monoisotopic (exact) mass is 278 g/mol. The van der Waals surface area contributed by atoms with Crippen LogP contribution in [0.2, 0.25) is 0 Å². The zero-order valence-corrected chi connectivity index (χ0v) is 12.7. The zero-order valence-electron chi connectivity index (χ0n) is 12.0. The molecule has 0 fully saturated rings. The van der Waals surface area contributed by atoms with Crippen molar-refractivity contribution in [2.45, 2.75) is 52.3 Å². The molecule has 0 rings (SSSR count). The minimum Gasteiger partial charge on any atom is -0.465 e. The molecule has 0 heterocycles. The Balaban J connectivity index is 4.04. The fourth-order valence-electron chi connectivity index (χ4n) is 2.02. The number of carbonyl (C=O) groups is 1. The van der Waals surface area contributed by atoms with E-state index in [2.05, 4.69) is 6.92 Å². The van der Waals surface area contributed by atoms with Crippen molar-refractivity contribution in [2.75, 3.05) is 13.2 Å². The molecule has 3 nitrogen and oxygen atoms in total. The number of aliphatic hydroxyl groups excluding tert-OH is 1. The molecule has 18 heavy (non-hydrogen) atoms. The van der Waals surface area contributed by atoms with Crippen LogP contribution < -0.4 is 0 Å². The van der Waals surface area contributed by atoms with Gasteiger partial charge in [-0.05, 0) is 31.6 Å². The summed E-state index contributed by atoms with van der Waals surface area (Å²) in [6.07, 6.45) is 2.53. The standard InChI is InChI=1S/C14H27ClO3/c1-5-12(8-16)7-10(3)9-18-14(17)13(6-2)11(4)15/h10-13,16H,5-9H2,1-4H3. The molecule has 0 radical (unpaired) electrons. The molecular weight excluding hydrogens is 252 g/mol. The van der Waals surface area contributed by atoms with Crippen LogP contribution in [0.5, 0.6) is 0 Å². The normalized spacial score (nSPS) is 17.9. The van der Waals surface area contributed by atoms with Crippen molar-refractivity contribution in [1.29, 1.82) is 0 Å². The van der Waals surface area contributed by atoms with Crippen molar-refractivity contribution in [3.05, 3.63) is 0 Å². The molecule has 0 aliphatic carbocycles. The first-order chi connectivity index (χ1) is 8.46. The van der Waals surface area contributed by atoms with E-state index in [1.165, 1.54) is 0 Å². The molecule has 4 heteroatoms. The third kappa shape index (κ3) is 6.60. The Bertz CT molecular complexity index is 227. The van der Waals surface area contributed by atoms with Crippen molar-refractivity contribution >= 4 is 17.6 Å². The summed E-state index contributed by atoms with van der Waals surface area (Å²) in [6.45, 7) is 8.46. The topological polar surface area (TPSA) is 46.5 Å². The predicted molar refractivity (Wildman–Crippen MR) is 74.7 cm³/mol. The molecule has 4 unspecified atom stereocenters. The number of hydrogen-bond donors (Lipinski definition) is 1. The second kappa shape index (κ2) is 9.62. The molecule has 0 aromatic carbocycles. The highest BCUT2D eigenvalue weighted by Gasteiger charge is 2.24. The summed E-state index contributed by atoms with van der Waals surface area (Å²) in [4.78, 5) is 11.8. The van der Waals surface area contributed by atoms with Crippen molar-refractivity contribution < 1.29 is 14.6 Å². The molecule has 1 N–H and O–H groups in total. The Morgan fingerprint density at radius 2 is 1.89 bits per heavy atom. The highest BCUT2D eigenvalue weighted by Crippen LogP contribution is 2.19. The maximum absolute atomic E-state index is 11.8. The maximum atomic E-state index is 11.8. The summed E-state index contributed by atoms with van der Waals surface area (Å²) in [5.74, 6) is 0.143. The molecule has 0 aliphatic heterocycles. The number of halogens is 1. The summed E-state index contributed by atoms with van der Waals surface area (Å²) in [7, 11) is 0. The molecule has 0 saturated heterocycles. The number of hydrogen-bond acceptors (Lipinski definition) is 3. The number of ether oxygens (including phenoxy) is 1. The Labute approximate surface area is 116 Å². The van der Waals surface area contributed by atoms with Gasteiger partial charge in [0.2, 0.25) is 0 Å². The zero-order chi connectivity index (χ0) is 14.1. The summed E-state index contributed by atoms with van der Waals surface area (Å²) >= 11 is 5.95. The first-order valence-corrected chi connectivity index (χ1v) is 7.31. The molecule has 0 aliphatic rings. The Morgan fingerprint density at radius 1 is 1.28 bits per heavy atom. The molecule has 0 aromatic rings. The van der Waals surface area contributed by atoms with Crippen LogP contribution >= 0.6 is 11.6 Å². The van der Waals surface area contributed by atoms with Crippen LogP contribution in [0.3, 0.4) is 0 Å². The SMILES string of the molecule is CCC(CO)CC(C)COC(=O)C(CC)C(C)Cl. The minimum absolute atomic E-state index is 0.196. The first kappa shape index (κ1) is 17.7. The second-order valence-corrected chi connectivity index (χ2v) is 5.81. The third-order valence-corrected chi connectivity index (χ3v) is 3.68. The van der Waals surface area contributed by atoms with Crippen LogP contribution in [0.4, 0.5) is 0 Å². The number of aliphatic hydroxyl groups is 1. The van der Waals surface area contributed by atoms with E-state index in [-0.39, 0.29) is 29.8 Å². The van der Waals surface area contributed by atoms with E-state index in [1.807, 2.05) is 20.8 Å². The average molecular weight is 279 g/mol. The van der Waals surface area contributed by atoms with E-state index in [1.54, 1.807) is 0 Å². The molecule has 4 atom stereocenters. The molecule has 0 amide bonds. The van der Waals surface area contributed by atoms with Crippen molar-refractivity contribution in [3.8, 4) is 0 Å². The van der Waals surface area contributed by atoms with Crippen molar-refractivity contribution in [3.63, 3.8) is 0 Å². The highest BCUT2D eigenvalue weighted by molar-refractivity contribution is 6.21. The lowest BCUT2D eigenvalue weighted by Crippen LogP contribution is -2.26. The maximum Gasteiger partial charge on any atom is 0.310 e. The van der Waals surface area contributed by atoms with E-state index < -0.39 is 0 Å². The van der Waals surface area contributed by atoms with Gasteiger partial charge in [0.05, 0.1) is 12.5 Å². The number of esters is 1. The van der Waals surface area contributed by atoms with Gasteiger partial charge in [-0.25, -0.2) is 0 Å². The van der Waals surface area contributed by atoms with Gasteiger partial charge < -0.3 is 9.84 Å². The lowest BCUT2D eigenvalue weighted by Gasteiger charge is -2.20. The van der Waals surface area contributed by atoms with Gasteiger partial charge in [0.1, 0.15) is 0 Å². The van der Waals surface area contributed by atoms with Gasteiger partial charge in [0.15, 0.2) is 0 Å². The van der Waals surface area contributed by atoms with Crippen LogP contribution in [-0.4, -0.2) is 29.7 Å². The molecule has 0 aromatic heterocycles. The van der Waals surface area contributed by atoms with Crippen LogP contribution in [0, 0.1) is 17.8 Å². The first-order valence-electron chi connectivity index (χ1n) is 6.87. The summed E-state index contributed by atoms with van der Waals surface area (Å²) in [5.41, 5.74) is 0. The Hall–Kier alpha value is -0.280. The summed E-state index contributed by atoms with van der Waals surface area (Å²) in [6, 6.07) is 0. The van der Waals surface area contributed by atoms with Gasteiger partial charge in [0.25, 0.3) is 0 Å². The van der Waals surface area contributed by atoms with Crippen LogP contribution in [0.25, 0.3) is 0 Å². The van der Waals surface area contributed by atoms with Crippen LogP contribution in [0.15, 0.2) is 0 Å². The van der Waals surface area contributed by atoms with E-state index in [0.29, 0.717) is 18.9 Å². The van der Waals surface area contributed by atoms with E-state index in [0.717, 1.165) is 12.8 Å². The lowest BCUT2D eigenvalue weighted by atomic mass is 9.95. The Kier molecular flexibility index (Phi) is 9.47. The Morgan fingerprint density at radius 3 is 2.28 bits per heavy atom. The molecular formula is C14H27ClO3. The highest BCUT2D eigenvalue weighted by atomic mass is 35.5. The van der Waals surface area contributed by atoms with Gasteiger partial charge in [-0.3, -0.25) is 4.79 Å². The number of carbonyl (C=O) groups excluding carboxylic acids is 1. The smallest absolute Gasteiger partial charge is 0.310 e. The second-order valence-electron chi connectivity index (χ2n) is 5.12. The average Bonchev–Trinajstić information content (AvgIpc) is 2.33. The van der Waals surface area contributed by atoms with E-state index in [4.69, 9.17) is 21.4 Å². The quantitative estimate of drug-likeness (QED) is 0.520. The van der Waals surface area contributed by atoms with E-state index in [9.17, 15) is 4.79 Å². The van der Waals surface area contributed by atoms with Crippen LogP contribution in [0.1, 0.15) is 47.0 Å². The van der Waals surface area contributed by atoms with Crippen molar-refractivity contribution in [2.24, 2.45) is 17.8 Å². The van der Waals surface area contributed by atoms with Crippen molar-refractivity contribution in [1.82, 2.24) is 0 Å². The van der Waals surface area contributed by atoms with Gasteiger partial charge in [0, 0.05) is 12.0 Å². The predicted octanol–water partition coefficient (Wildman–Crippen LogP) is 3.23. The van der Waals surface area contributed by atoms with E-state index >= 15 is 0 Å². The molecule has 0 bridgehead atoms. The third-order valence-electron chi connectivity index (χ3n) is 3.38. The molecule has 0 saturated carbocycles. The van der Waals surface area contributed by atoms with Crippen LogP contribution in [-0.2, 0) is 9.53 Å². The fourth-order valence-corrected chi connectivity index (χ4v) is 2.30. The minimum atomic E-state index is -0.223.